The van der Waals surface area contributed by atoms with Crippen molar-refractivity contribution in [1.29, 1.82) is 0 Å². The monoisotopic (exact) mass is 360 g/mol. The lowest BCUT2D eigenvalue weighted by atomic mass is 10.3. The van der Waals surface area contributed by atoms with Crippen molar-refractivity contribution in [3.63, 3.8) is 0 Å². The van der Waals surface area contributed by atoms with Gasteiger partial charge in [0.25, 0.3) is 11.5 Å². The largest absolute Gasteiger partial charge is 0.481 e. The van der Waals surface area contributed by atoms with Crippen LogP contribution in [0.1, 0.15) is 0 Å². The van der Waals surface area contributed by atoms with E-state index in [0.717, 1.165) is 4.68 Å². The summed E-state index contributed by atoms with van der Waals surface area (Å²) in [6, 6.07) is 10.4. The van der Waals surface area contributed by atoms with E-state index in [0.29, 0.717) is 5.75 Å². The van der Waals surface area contributed by atoms with Crippen LogP contribution < -0.4 is 19.8 Å². The van der Waals surface area contributed by atoms with E-state index >= 15 is 0 Å². The van der Waals surface area contributed by atoms with Gasteiger partial charge in [0, 0.05) is 0 Å². The molecular weight excluding hydrogens is 348 g/mol. The fraction of sp³-hybridized carbons (Fsp3) is 0.125. The van der Waals surface area contributed by atoms with E-state index in [1.54, 1.807) is 24.3 Å². The van der Waals surface area contributed by atoms with Gasteiger partial charge in [-0.25, -0.2) is 0 Å². The molecule has 2 aromatic heterocycles. The summed E-state index contributed by atoms with van der Waals surface area (Å²) in [6.07, 6.45) is 1.31. The maximum atomic E-state index is 12.5. The zero-order chi connectivity index (χ0) is 17.8. The van der Waals surface area contributed by atoms with Gasteiger partial charge in [-0.15, -0.1) is 0 Å². The number of hydrogen-bond donors (Lipinski definition) is 0. The number of halogens is 1. The molecule has 3 rings (SSSR count). The minimum Gasteiger partial charge on any atom is -0.481 e. The molecular formula is C16H13ClN4O4. The van der Waals surface area contributed by atoms with Gasteiger partial charge < -0.3 is 14.2 Å². The molecule has 8 nitrogen and oxygen atoms in total. The fourth-order valence-electron chi connectivity index (χ4n) is 1.94. The topological polar surface area (TPSA) is 88.4 Å². The van der Waals surface area contributed by atoms with Gasteiger partial charge in [-0.05, 0) is 12.1 Å². The summed E-state index contributed by atoms with van der Waals surface area (Å²) in [6.45, 7) is 0. The zero-order valence-corrected chi connectivity index (χ0v) is 14.1. The molecule has 128 valence electrons. The van der Waals surface area contributed by atoms with Gasteiger partial charge >= 0.3 is 0 Å². The average molecular weight is 361 g/mol. The zero-order valence-electron chi connectivity index (χ0n) is 13.3. The standard InChI is InChI=1S/C16H13ClN4O4/c1-23-12-8-13(24-2)20-16(19-12)21-15(22)14(17)11(9-18-21)25-10-6-4-3-5-7-10/h3-9H,1-2H3. The molecule has 1 aromatic carbocycles. The lowest BCUT2D eigenvalue weighted by Crippen LogP contribution is -2.24. The lowest BCUT2D eigenvalue weighted by molar-refractivity contribution is 0.369. The Labute approximate surface area is 147 Å². The summed E-state index contributed by atoms with van der Waals surface area (Å²) >= 11 is 6.13. The molecule has 0 radical (unpaired) electrons. The smallest absolute Gasteiger partial charge is 0.296 e. The molecule has 0 aliphatic heterocycles. The average Bonchev–Trinajstić information content (AvgIpc) is 2.66. The summed E-state index contributed by atoms with van der Waals surface area (Å²) in [4.78, 5) is 20.7. The molecule has 25 heavy (non-hydrogen) atoms. The van der Waals surface area contributed by atoms with Crippen molar-refractivity contribution < 1.29 is 14.2 Å². The molecule has 2 heterocycles. The third kappa shape index (κ3) is 3.53. The Morgan fingerprint density at radius 2 is 1.68 bits per heavy atom. The summed E-state index contributed by atoms with van der Waals surface area (Å²) in [5, 5.41) is 3.87. The van der Waals surface area contributed by atoms with Crippen molar-refractivity contribution in [2.45, 2.75) is 0 Å². The maximum absolute atomic E-state index is 12.5. The Morgan fingerprint density at radius 3 is 2.28 bits per heavy atom. The number of rotatable bonds is 5. The first-order valence-electron chi connectivity index (χ1n) is 7.10. The summed E-state index contributed by atoms with van der Waals surface area (Å²) < 4.78 is 16.6. The number of ether oxygens (including phenoxy) is 3. The van der Waals surface area contributed by atoms with Crippen LogP contribution in [-0.4, -0.2) is 34.0 Å². The van der Waals surface area contributed by atoms with Crippen molar-refractivity contribution >= 4 is 11.6 Å². The second kappa shape index (κ2) is 7.18. The minimum atomic E-state index is -0.634. The van der Waals surface area contributed by atoms with Crippen molar-refractivity contribution in [3.8, 4) is 29.2 Å². The summed E-state index contributed by atoms with van der Waals surface area (Å²) in [5.41, 5.74) is -0.634. The third-order valence-electron chi connectivity index (χ3n) is 3.13. The highest BCUT2D eigenvalue weighted by atomic mass is 35.5. The minimum absolute atomic E-state index is 0.0330. The quantitative estimate of drug-likeness (QED) is 0.690. The Hall–Kier alpha value is -3.13. The van der Waals surface area contributed by atoms with E-state index < -0.39 is 5.56 Å². The van der Waals surface area contributed by atoms with Crippen molar-refractivity contribution in [1.82, 2.24) is 19.7 Å². The first-order chi connectivity index (χ1) is 12.1. The highest BCUT2D eigenvalue weighted by Gasteiger charge is 2.16. The molecule has 0 fully saturated rings. The number of nitrogens with zero attached hydrogens (tertiary/aromatic N) is 4. The predicted octanol–water partition coefficient (Wildman–Crippen LogP) is 2.49. The highest BCUT2D eigenvalue weighted by Crippen LogP contribution is 2.26. The van der Waals surface area contributed by atoms with E-state index in [4.69, 9.17) is 25.8 Å². The van der Waals surface area contributed by atoms with Gasteiger partial charge in [-0.1, -0.05) is 29.8 Å². The maximum Gasteiger partial charge on any atom is 0.296 e. The Balaban J connectivity index is 2.02. The van der Waals surface area contributed by atoms with E-state index in [-0.39, 0.29) is 28.5 Å². The van der Waals surface area contributed by atoms with E-state index in [1.165, 1.54) is 26.5 Å². The summed E-state index contributed by atoms with van der Waals surface area (Å²) in [7, 11) is 2.87. The van der Waals surface area contributed by atoms with Crippen molar-refractivity contribution in [2.24, 2.45) is 0 Å². The second-order valence-corrected chi connectivity index (χ2v) is 5.09. The van der Waals surface area contributed by atoms with Crippen molar-refractivity contribution in [2.75, 3.05) is 14.2 Å². The van der Waals surface area contributed by atoms with Gasteiger partial charge in [0.2, 0.25) is 11.8 Å². The molecule has 0 bridgehead atoms. The van der Waals surface area contributed by atoms with Crippen LogP contribution in [0.5, 0.6) is 23.3 Å². The molecule has 0 atom stereocenters. The van der Waals surface area contributed by atoms with Gasteiger partial charge in [0.05, 0.1) is 26.5 Å². The van der Waals surface area contributed by atoms with Crippen LogP contribution in [0.25, 0.3) is 5.95 Å². The predicted molar refractivity (Wildman–Crippen MR) is 90.1 cm³/mol. The van der Waals surface area contributed by atoms with Crippen LogP contribution in [0.15, 0.2) is 47.4 Å². The normalized spacial score (nSPS) is 10.4. The lowest BCUT2D eigenvalue weighted by Gasteiger charge is -2.10. The van der Waals surface area contributed by atoms with Crippen LogP contribution in [0, 0.1) is 0 Å². The molecule has 0 aliphatic carbocycles. The van der Waals surface area contributed by atoms with Gasteiger partial charge in [-0.3, -0.25) is 4.79 Å². The fourth-order valence-corrected chi connectivity index (χ4v) is 2.11. The van der Waals surface area contributed by atoms with E-state index in [2.05, 4.69) is 15.1 Å². The first-order valence-corrected chi connectivity index (χ1v) is 7.48. The number of benzene rings is 1. The van der Waals surface area contributed by atoms with Gasteiger partial charge in [0.15, 0.2) is 10.8 Å². The molecule has 9 heteroatoms. The molecule has 0 saturated carbocycles. The van der Waals surface area contributed by atoms with Crippen LogP contribution in [0.3, 0.4) is 0 Å². The molecule has 0 N–H and O–H groups in total. The van der Waals surface area contributed by atoms with Crippen molar-refractivity contribution in [3.05, 3.63) is 58.0 Å². The number of hydrogen-bond acceptors (Lipinski definition) is 7. The van der Waals surface area contributed by atoms with Crippen LogP contribution in [0.4, 0.5) is 0 Å². The molecule has 0 spiro atoms. The van der Waals surface area contributed by atoms with Crippen LogP contribution in [-0.2, 0) is 0 Å². The molecule has 0 saturated heterocycles. The second-order valence-electron chi connectivity index (χ2n) is 4.71. The van der Waals surface area contributed by atoms with Gasteiger partial charge in [-0.2, -0.15) is 19.7 Å². The Kier molecular flexibility index (Phi) is 4.80. The SMILES string of the molecule is COc1cc(OC)nc(-n2ncc(Oc3ccccc3)c(Cl)c2=O)n1. The summed E-state index contributed by atoms with van der Waals surface area (Å²) in [5.74, 6) is 1.06. The van der Waals surface area contributed by atoms with Crippen LogP contribution in [0.2, 0.25) is 5.02 Å². The number of aromatic nitrogens is 4. The highest BCUT2D eigenvalue weighted by molar-refractivity contribution is 6.31. The Bertz CT molecular complexity index is 924. The van der Waals surface area contributed by atoms with Crippen LogP contribution >= 0.6 is 11.6 Å². The first kappa shape index (κ1) is 16.7. The van der Waals surface area contributed by atoms with E-state index in [1.807, 2.05) is 6.07 Å². The number of para-hydroxylation sites is 1. The molecule has 0 unspecified atom stereocenters. The molecule has 3 aromatic rings. The third-order valence-corrected chi connectivity index (χ3v) is 3.48. The number of methoxy groups -OCH3 is 2. The van der Waals surface area contributed by atoms with Gasteiger partial charge in [0.1, 0.15) is 5.75 Å². The van der Waals surface area contributed by atoms with E-state index in [9.17, 15) is 4.79 Å². The molecule has 0 amide bonds. The molecule has 0 aliphatic rings. The Morgan fingerprint density at radius 1 is 1.04 bits per heavy atom.